The standard InChI is InChI=1S/C12H13N3O/c1-7-11(10-6-13-12(16)15-10)8-4-2-3-5-9(8)14-7/h2-5,10,14H,6H2,1H3,(H2,13,15,16)/t10-/m0/s1. The van der Waals surface area contributed by atoms with Crippen molar-refractivity contribution in [3.05, 3.63) is 35.5 Å². The molecule has 2 heterocycles. The minimum absolute atomic E-state index is 0.0728. The second-order valence-corrected chi connectivity index (χ2v) is 4.12. The molecule has 1 aromatic heterocycles. The molecule has 3 rings (SSSR count). The SMILES string of the molecule is Cc1[nH]c2ccccc2c1[C@@H]1CNC(=O)N1. The normalized spacial score (nSPS) is 19.8. The first-order valence-electron chi connectivity index (χ1n) is 5.37. The van der Waals surface area contributed by atoms with Gasteiger partial charge in [0.2, 0.25) is 0 Å². The average molecular weight is 215 g/mol. The third-order valence-corrected chi connectivity index (χ3v) is 3.06. The van der Waals surface area contributed by atoms with Crippen LogP contribution in [0.15, 0.2) is 24.3 Å². The minimum atomic E-state index is -0.0883. The Balaban J connectivity index is 2.15. The van der Waals surface area contributed by atoms with Crippen molar-refractivity contribution < 1.29 is 4.79 Å². The Morgan fingerprint density at radius 1 is 1.31 bits per heavy atom. The lowest BCUT2D eigenvalue weighted by Gasteiger charge is -2.08. The number of nitrogens with one attached hydrogen (secondary N) is 3. The Kier molecular flexibility index (Phi) is 1.89. The lowest BCUT2D eigenvalue weighted by atomic mass is 10.0. The number of urea groups is 1. The van der Waals surface area contributed by atoms with Gasteiger partial charge in [0.1, 0.15) is 0 Å². The molecule has 1 fully saturated rings. The smallest absolute Gasteiger partial charge is 0.315 e. The zero-order valence-electron chi connectivity index (χ0n) is 9.00. The second-order valence-electron chi connectivity index (χ2n) is 4.12. The van der Waals surface area contributed by atoms with E-state index in [1.165, 1.54) is 10.9 Å². The van der Waals surface area contributed by atoms with Gasteiger partial charge in [0, 0.05) is 28.7 Å². The van der Waals surface area contributed by atoms with Gasteiger partial charge in [-0.05, 0) is 13.0 Å². The highest BCUT2D eigenvalue weighted by Gasteiger charge is 2.25. The molecule has 16 heavy (non-hydrogen) atoms. The number of aryl methyl sites for hydroxylation is 1. The number of aromatic nitrogens is 1. The highest BCUT2D eigenvalue weighted by Crippen LogP contribution is 2.28. The summed E-state index contributed by atoms with van der Waals surface area (Å²) in [5.74, 6) is 0. The molecule has 0 saturated carbocycles. The van der Waals surface area contributed by atoms with Crippen LogP contribution in [0, 0.1) is 6.92 Å². The fourth-order valence-corrected chi connectivity index (χ4v) is 2.38. The maximum Gasteiger partial charge on any atom is 0.315 e. The lowest BCUT2D eigenvalue weighted by Crippen LogP contribution is -2.21. The molecule has 1 atom stereocenters. The Labute approximate surface area is 93.0 Å². The molecule has 1 saturated heterocycles. The molecular weight excluding hydrogens is 202 g/mol. The third kappa shape index (κ3) is 1.26. The highest BCUT2D eigenvalue weighted by molar-refractivity contribution is 5.87. The van der Waals surface area contributed by atoms with E-state index in [9.17, 15) is 4.79 Å². The Morgan fingerprint density at radius 2 is 2.12 bits per heavy atom. The summed E-state index contributed by atoms with van der Waals surface area (Å²) in [6.45, 7) is 2.70. The number of hydrogen-bond donors (Lipinski definition) is 3. The maximum atomic E-state index is 11.2. The van der Waals surface area contributed by atoms with E-state index in [-0.39, 0.29) is 12.1 Å². The van der Waals surface area contributed by atoms with Gasteiger partial charge in [0.25, 0.3) is 0 Å². The number of benzene rings is 1. The monoisotopic (exact) mass is 215 g/mol. The Hall–Kier alpha value is -1.97. The van der Waals surface area contributed by atoms with Crippen LogP contribution in [-0.2, 0) is 0 Å². The molecular formula is C12H13N3O. The van der Waals surface area contributed by atoms with Gasteiger partial charge in [0.15, 0.2) is 0 Å². The number of aromatic amines is 1. The van der Waals surface area contributed by atoms with Crippen molar-refractivity contribution in [2.45, 2.75) is 13.0 Å². The van der Waals surface area contributed by atoms with Crippen LogP contribution in [0.2, 0.25) is 0 Å². The van der Waals surface area contributed by atoms with Crippen LogP contribution in [0.3, 0.4) is 0 Å². The van der Waals surface area contributed by atoms with Crippen molar-refractivity contribution >= 4 is 16.9 Å². The van der Waals surface area contributed by atoms with Crippen molar-refractivity contribution in [2.24, 2.45) is 0 Å². The molecule has 4 heteroatoms. The summed E-state index contributed by atoms with van der Waals surface area (Å²) in [4.78, 5) is 14.5. The third-order valence-electron chi connectivity index (χ3n) is 3.06. The average Bonchev–Trinajstić information content (AvgIpc) is 2.80. The van der Waals surface area contributed by atoms with E-state index in [1.807, 2.05) is 19.1 Å². The molecule has 1 aromatic carbocycles. The summed E-state index contributed by atoms with van der Waals surface area (Å²) >= 11 is 0. The predicted molar refractivity (Wildman–Crippen MR) is 62.3 cm³/mol. The molecule has 0 radical (unpaired) electrons. The zero-order valence-corrected chi connectivity index (χ0v) is 9.00. The number of carbonyl (C=O) groups excluding carboxylic acids is 1. The first kappa shape index (κ1) is 9.27. The Morgan fingerprint density at radius 3 is 2.88 bits per heavy atom. The summed E-state index contributed by atoms with van der Waals surface area (Å²) in [5, 5.41) is 6.89. The van der Waals surface area contributed by atoms with Gasteiger partial charge in [-0.25, -0.2) is 4.79 Å². The van der Waals surface area contributed by atoms with Crippen molar-refractivity contribution in [3.63, 3.8) is 0 Å². The van der Waals surface area contributed by atoms with Crippen LogP contribution in [0.25, 0.3) is 10.9 Å². The van der Waals surface area contributed by atoms with Crippen LogP contribution in [0.5, 0.6) is 0 Å². The number of H-pyrrole nitrogens is 1. The van der Waals surface area contributed by atoms with Crippen LogP contribution in [0.4, 0.5) is 4.79 Å². The second kappa shape index (κ2) is 3.27. The fourth-order valence-electron chi connectivity index (χ4n) is 2.38. The van der Waals surface area contributed by atoms with Gasteiger partial charge < -0.3 is 15.6 Å². The molecule has 4 nitrogen and oxygen atoms in total. The van der Waals surface area contributed by atoms with Crippen LogP contribution >= 0.6 is 0 Å². The number of para-hydroxylation sites is 1. The van der Waals surface area contributed by atoms with Crippen LogP contribution < -0.4 is 10.6 Å². The van der Waals surface area contributed by atoms with E-state index in [0.29, 0.717) is 6.54 Å². The van der Waals surface area contributed by atoms with Gasteiger partial charge in [-0.15, -0.1) is 0 Å². The summed E-state index contributed by atoms with van der Waals surface area (Å²) < 4.78 is 0. The van der Waals surface area contributed by atoms with E-state index in [1.54, 1.807) is 0 Å². The molecule has 0 bridgehead atoms. The molecule has 0 unspecified atom stereocenters. The predicted octanol–water partition coefficient (Wildman–Crippen LogP) is 1.83. The van der Waals surface area contributed by atoms with Crippen molar-refractivity contribution in [1.82, 2.24) is 15.6 Å². The summed E-state index contributed by atoms with van der Waals surface area (Å²) in [7, 11) is 0. The molecule has 1 aliphatic heterocycles. The summed E-state index contributed by atoms with van der Waals surface area (Å²) in [6.07, 6.45) is 0. The molecule has 0 spiro atoms. The van der Waals surface area contributed by atoms with Gasteiger partial charge in [0.05, 0.1) is 6.04 Å². The first-order chi connectivity index (χ1) is 7.75. The number of carbonyl (C=O) groups is 1. The van der Waals surface area contributed by atoms with Crippen LogP contribution in [0.1, 0.15) is 17.3 Å². The molecule has 2 aromatic rings. The van der Waals surface area contributed by atoms with Crippen molar-refractivity contribution in [1.29, 1.82) is 0 Å². The van der Waals surface area contributed by atoms with E-state index in [4.69, 9.17) is 0 Å². The molecule has 82 valence electrons. The minimum Gasteiger partial charge on any atom is -0.358 e. The molecule has 3 N–H and O–H groups in total. The number of fused-ring (bicyclic) bond motifs is 1. The largest absolute Gasteiger partial charge is 0.358 e. The fraction of sp³-hybridized carbons (Fsp3) is 0.250. The van der Waals surface area contributed by atoms with Gasteiger partial charge >= 0.3 is 6.03 Å². The number of rotatable bonds is 1. The van der Waals surface area contributed by atoms with Gasteiger partial charge in [-0.1, -0.05) is 18.2 Å². The van der Waals surface area contributed by atoms with Crippen LogP contribution in [-0.4, -0.2) is 17.6 Å². The summed E-state index contributed by atoms with van der Waals surface area (Å²) in [5.41, 5.74) is 3.43. The van der Waals surface area contributed by atoms with E-state index >= 15 is 0 Å². The molecule has 2 amide bonds. The Bertz CT molecular complexity index is 558. The molecule has 1 aliphatic rings. The maximum absolute atomic E-state index is 11.2. The van der Waals surface area contributed by atoms with E-state index < -0.39 is 0 Å². The van der Waals surface area contributed by atoms with Crippen molar-refractivity contribution in [2.75, 3.05) is 6.54 Å². The molecule has 0 aliphatic carbocycles. The summed E-state index contributed by atoms with van der Waals surface area (Å²) in [6, 6.07) is 8.14. The highest BCUT2D eigenvalue weighted by atomic mass is 16.2. The topological polar surface area (TPSA) is 56.9 Å². The first-order valence-corrected chi connectivity index (χ1v) is 5.37. The van der Waals surface area contributed by atoms with E-state index in [0.717, 1.165) is 11.2 Å². The quantitative estimate of drug-likeness (QED) is 0.667. The number of amides is 2. The van der Waals surface area contributed by atoms with E-state index in [2.05, 4.69) is 27.8 Å². The van der Waals surface area contributed by atoms with Gasteiger partial charge in [-0.3, -0.25) is 0 Å². The van der Waals surface area contributed by atoms with Crippen molar-refractivity contribution in [3.8, 4) is 0 Å². The van der Waals surface area contributed by atoms with Gasteiger partial charge in [-0.2, -0.15) is 0 Å². The lowest BCUT2D eigenvalue weighted by molar-refractivity contribution is 0.247. The number of hydrogen-bond acceptors (Lipinski definition) is 1. The zero-order chi connectivity index (χ0) is 11.1.